The van der Waals surface area contributed by atoms with Crippen LogP contribution in [0.25, 0.3) is 5.76 Å². The van der Waals surface area contributed by atoms with Crippen LogP contribution in [0.3, 0.4) is 0 Å². The van der Waals surface area contributed by atoms with E-state index in [-0.39, 0.29) is 16.4 Å². The van der Waals surface area contributed by atoms with Gasteiger partial charge in [-0.15, -0.1) is 11.3 Å². The number of amides is 1. The first-order chi connectivity index (χ1) is 17.8. The van der Waals surface area contributed by atoms with Crippen LogP contribution in [0, 0.1) is 6.92 Å². The number of nitrogens with zero attached hydrogens (tertiary/aromatic N) is 2. The minimum atomic E-state index is -0.932. The van der Waals surface area contributed by atoms with Gasteiger partial charge in [0.25, 0.3) is 5.78 Å². The summed E-state index contributed by atoms with van der Waals surface area (Å²) in [5.74, 6) is -1.31. The van der Waals surface area contributed by atoms with Crippen LogP contribution in [0.5, 0.6) is 5.75 Å². The zero-order valence-corrected chi connectivity index (χ0v) is 21.8. The third-order valence-corrected chi connectivity index (χ3v) is 7.45. The molecule has 186 valence electrons. The molecule has 6 nitrogen and oxygen atoms in total. The van der Waals surface area contributed by atoms with Crippen LogP contribution in [-0.4, -0.2) is 21.8 Å². The van der Waals surface area contributed by atoms with Gasteiger partial charge < -0.3 is 9.84 Å². The van der Waals surface area contributed by atoms with Crippen LogP contribution in [0.4, 0.5) is 5.13 Å². The number of ether oxygens (including phenoxy) is 1. The summed E-state index contributed by atoms with van der Waals surface area (Å²) in [7, 11) is 0. The molecule has 37 heavy (non-hydrogen) atoms. The number of aromatic nitrogens is 1. The fourth-order valence-electron chi connectivity index (χ4n) is 4.20. The maximum Gasteiger partial charge on any atom is 0.301 e. The van der Waals surface area contributed by atoms with Crippen LogP contribution in [0.2, 0.25) is 10.0 Å². The molecule has 5 rings (SSSR count). The molecule has 3 aromatic carbocycles. The third kappa shape index (κ3) is 4.98. The summed E-state index contributed by atoms with van der Waals surface area (Å²) >= 11 is 13.6. The lowest BCUT2D eigenvalue weighted by atomic mass is 9.95. The molecule has 1 atom stereocenters. The predicted octanol–water partition coefficient (Wildman–Crippen LogP) is 6.96. The van der Waals surface area contributed by atoms with Crippen molar-refractivity contribution in [1.29, 1.82) is 0 Å². The maximum atomic E-state index is 13.2. The van der Waals surface area contributed by atoms with Crippen LogP contribution >= 0.6 is 34.5 Å². The lowest BCUT2D eigenvalue weighted by Gasteiger charge is -2.23. The fourth-order valence-corrected chi connectivity index (χ4v) is 5.17. The lowest BCUT2D eigenvalue weighted by Crippen LogP contribution is -2.29. The second kappa shape index (κ2) is 10.4. The van der Waals surface area contributed by atoms with E-state index < -0.39 is 17.7 Å². The molecule has 0 spiro atoms. The Kier molecular flexibility index (Phi) is 7.02. The first-order valence-electron chi connectivity index (χ1n) is 11.3. The van der Waals surface area contributed by atoms with Crippen molar-refractivity contribution in [1.82, 2.24) is 4.98 Å². The summed E-state index contributed by atoms with van der Waals surface area (Å²) < 4.78 is 5.87. The molecular formula is C28H20Cl2N2O4S. The number of aliphatic hydroxyl groups is 1. The van der Waals surface area contributed by atoms with Gasteiger partial charge in [-0.25, -0.2) is 4.98 Å². The summed E-state index contributed by atoms with van der Waals surface area (Å²) in [5.41, 5.74) is 3.00. The van der Waals surface area contributed by atoms with E-state index in [2.05, 4.69) is 4.98 Å². The molecule has 1 fully saturated rings. The molecule has 0 aliphatic carbocycles. The number of hydrogen-bond donors (Lipinski definition) is 1. The Morgan fingerprint density at radius 2 is 1.84 bits per heavy atom. The van der Waals surface area contributed by atoms with E-state index in [1.807, 2.05) is 31.2 Å². The van der Waals surface area contributed by atoms with Gasteiger partial charge >= 0.3 is 5.91 Å². The number of hydrogen-bond acceptors (Lipinski definition) is 6. The average molecular weight is 551 g/mol. The Hall–Kier alpha value is -3.65. The number of thiazole rings is 1. The monoisotopic (exact) mass is 550 g/mol. The van der Waals surface area contributed by atoms with Gasteiger partial charge in [0.05, 0.1) is 21.7 Å². The number of ketones is 1. The molecule has 0 saturated carbocycles. The van der Waals surface area contributed by atoms with E-state index >= 15 is 0 Å². The van der Waals surface area contributed by atoms with E-state index in [0.717, 1.165) is 11.1 Å². The quantitative estimate of drug-likeness (QED) is 0.159. The van der Waals surface area contributed by atoms with Gasteiger partial charge in [-0.05, 0) is 54.4 Å². The molecule has 1 amide bonds. The molecular weight excluding hydrogens is 531 g/mol. The van der Waals surface area contributed by atoms with Crippen LogP contribution in [0.15, 0.2) is 83.9 Å². The predicted molar refractivity (Wildman–Crippen MR) is 145 cm³/mol. The zero-order chi connectivity index (χ0) is 26.1. The lowest BCUT2D eigenvalue weighted by molar-refractivity contribution is -0.132. The smallest absolute Gasteiger partial charge is 0.301 e. The molecule has 1 aliphatic rings. The highest BCUT2D eigenvalue weighted by Crippen LogP contribution is 2.43. The van der Waals surface area contributed by atoms with Crippen LogP contribution in [-0.2, 0) is 16.2 Å². The molecule has 4 aromatic rings. The van der Waals surface area contributed by atoms with Gasteiger partial charge in [-0.1, -0.05) is 59.1 Å². The number of carbonyl (C=O) groups is 2. The van der Waals surface area contributed by atoms with Crippen molar-refractivity contribution >= 4 is 57.1 Å². The Balaban J connectivity index is 1.50. The molecule has 1 aliphatic heterocycles. The standard InChI is InChI=1S/C28H20Cl2N2O4S/c1-16-3-2-4-17(13-16)15-36-20-8-5-18(6-9-20)25(33)23-24(19-7-10-21(29)22(30)14-19)32(27(35)26(23)34)28-31-11-12-37-28/h2-14,24,33H,15H2,1H3/b25-23+. The summed E-state index contributed by atoms with van der Waals surface area (Å²) in [6, 6.07) is 18.6. The molecule has 0 radical (unpaired) electrons. The summed E-state index contributed by atoms with van der Waals surface area (Å²) in [6.07, 6.45) is 1.54. The van der Waals surface area contributed by atoms with Gasteiger partial charge in [0.15, 0.2) is 5.13 Å². The fraction of sp³-hybridized carbons (Fsp3) is 0.107. The summed E-state index contributed by atoms with van der Waals surface area (Å²) in [5, 5.41) is 13.9. The van der Waals surface area contributed by atoms with Crippen molar-refractivity contribution in [3.8, 4) is 5.75 Å². The van der Waals surface area contributed by atoms with Gasteiger partial charge in [0.1, 0.15) is 18.1 Å². The Morgan fingerprint density at radius 3 is 2.51 bits per heavy atom. The number of aliphatic hydroxyl groups excluding tert-OH is 1. The summed E-state index contributed by atoms with van der Waals surface area (Å²) in [6.45, 7) is 2.41. The number of benzene rings is 3. The molecule has 9 heteroatoms. The number of aryl methyl sites for hydroxylation is 1. The molecule has 0 bridgehead atoms. The van der Waals surface area contributed by atoms with E-state index in [1.165, 1.54) is 16.2 Å². The number of halogens is 2. The van der Waals surface area contributed by atoms with Crippen molar-refractivity contribution in [3.63, 3.8) is 0 Å². The van der Waals surface area contributed by atoms with E-state index in [4.69, 9.17) is 27.9 Å². The topological polar surface area (TPSA) is 79.7 Å². The highest BCUT2D eigenvalue weighted by Gasteiger charge is 2.48. The molecule has 1 saturated heterocycles. The third-order valence-electron chi connectivity index (χ3n) is 5.94. The Bertz CT molecular complexity index is 1520. The summed E-state index contributed by atoms with van der Waals surface area (Å²) in [4.78, 5) is 31.8. The van der Waals surface area contributed by atoms with E-state index in [1.54, 1.807) is 54.0 Å². The normalized spacial score (nSPS) is 16.8. The number of rotatable bonds is 6. The van der Waals surface area contributed by atoms with Gasteiger partial charge in [-0.3, -0.25) is 14.5 Å². The van der Waals surface area contributed by atoms with Crippen molar-refractivity contribution in [2.24, 2.45) is 0 Å². The Labute approximate surface area is 227 Å². The van der Waals surface area contributed by atoms with Gasteiger partial charge in [-0.2, -0.15) is 0 Å². The molecule has 2 heterocycles. The number of Topliss-reactive ketones (excluding diaryl/α,β-unsaturated/α-hetero) is 1. The minimum absolute atomic E-state index is 0.0629. The highest BCUT2D eigenvalue weighted by atomic mass is 35.5. The largest absolute Gasteiger partial charge is 0.507 e. The number of carbonyl (C=O) groups excluding carboxylic acids is 2. The van der Waals surface area contributed by atoms with Crippen LogP contribution < -0.4 is 9.64 Å². The maximum absolute atomic E-state index is 13.2. The van der Waals surface area contributed by atoms with E-state index in [9.17, 15) is 14.7 Å². The van der Waals surface area contributed by atoms with Gasteiger partial charge in [0, 0.05) is 17.1 Å². The zero-order valence-electron chi connectivity index (χ0n) is 19.5. The Morgan fingerprint density at radius 1 is 1.05 bits per heavy atom. The minimum Gasteiger partial charge on any atom is -0.507 e. The van der Waals surface area contributed by atoms with Crippen LogP contribution in [0.1, 0.15) is 28.3 Å². The SMILES string of the molecule is Cc1cccc(COc2ccc(/C(O)=C3\C(=O)C(=O)N(c4nccs4)C3c3ccc(Cl)c(Cl)c3)cc2)c1. The van der Waals surface area contributed by atoms with Crippen molar-refractivity contribution in [3.05, 3.63) is 116 Å². The van der Waals surface area contributed by atoms with E-state index in [0.29, 0.717) is 33.6 Å². The second-order valence-electron chi connectivity index (χ2n) is 8.46. The molecule has 1 N–H and O–H groups in total. The number of anilines is 1. The van der Waals surface area contributed by atoms with Crippen molar-refractivity contribution < 1.29 is 19.4 Å². The first kappa shape index (κ1) is 25.0. The van der Waals surface area contributed by atoms with Crippen molar-refractivity contribution in [2.75, 3.05) is 4.90 Å². The first-order valence-corrected chi connectivity index (χ1v) is 12.9. The molecule has 1 aromatic heterocycles. The van der Waals surface area contributed by atoms with Crippen molar-refractivity contribution in [2.45, 2.75) is 19.6 Å². The van der Waals surface area contributed by atoms with Gasteiger partial charge in [0.2, 0.25) is 0 Å². The second-order valence-corrected chi connectivity index (χ2v) is 10.1. The highest BCUT2D eigenvalue weighted by molar-refractivity contribution is 7.14. The average Bonchev–Trinajstić information content (AvgIpc) is 3.51. The molecule has 1 unspecified atom stereocenters.